The molecular formula is C21H29N3O2. The second-order valence-electron chi connectivity index (χ2n) is 6.75. The maximum absolute atomic E-state index is 12.7. The average Bonchev–Trinajstić information content (AvgIpc) is 2.64. The lowest BCUT2D eigenvalue weighted by Gasteiger charge is -2.13. The monoisotopic (exact) mass is 355 g/mol. The van der Waals surface area contributed by atoms with Gasteiger partial charge in [-0.05, 0) is 56.3 Å². The number of pyridine rings is 2. The molecule has 140 valence electrons. The highest BCUT2D eigenvalue weighted by molar-refractivity contribution is 6.06. The van der Waals surface area contributed by atoms with E-state index in [1.807, 2.05) is 31.2 Å². The third-order valence-electron chi connectivity index (χ3n) is 4.47. The largest absolute Gasteiger partial charge is 0.494 e. The van der Waals surface area contributed by atoms with E-state index in [2.05, 4.69) is 24.6 Å². The zero-order valence-electron chi connectivity index (χ0n) is 16.4. The fourth-order valence-electron chi connectivity index (χ4n) is 3.13. The Balaban J connectivity index is 0.00000117. The molecule has 0 atom stereocenters. The lowest BCUT2D eigenvalue weighted by Crippen LogP contribution is -2.18. The first kappa shape index (κ1) is 19.9. The van der Waals surface area contributed by atoms with E-state index in [9.17, 15) is 4.79 Å². The van der Waals surface area contributed by atoms with E-state index in [4.69, 9.17) is 4.74 Å². The summed E-state index contributed by atoms with van der Waals surface area (Å²) in [4.78, 5) is 17.0. The summed E-state index contributed by atoms with van der Waals surface area (Å²) < 4.78 is 7.56. The first-order chi connectivity index (χ1) is 12.5. The van der Waals surface area contributed by atoms with Gasteiger partial charge in [0, 0.05) is 24.7 Å². The molecule has 2 heterocycles. The minimum atomic E-state index is -0.0138. The number of nitrogens with two attached hydrogens (primary N) is 1. The van der Waals surface area contributed by atoms with Gasteiger partial charge in [0.25, 0.3) is 5.56 Å². The number of ether oxygens (including phenoxy) is 1. The molecule has 26 heavy (non-hydrogen) atoms. The summed E-state index contributed by atoms with van der Waals surface area (Å²) >= 11 is 0. The van der Waals surface area contributed by atoms with Crippen LogP contribution in [0.4, 0.5) is 0 Å². The highest BCUT2D eigenvalue weighted by Gasteiger charge is 2.11. The van der Waals surface area contributed by atoms with Gasteiger partial charge in [-0.3, -0.25) is 9.78 Å². The van der Waals surface area contributed by atoms with E-state index in [0.29, 0.717) is 17.9 Å². The van der Waals surface area contributed by atoms with Crippen molar-refractivity contribution in [1.82, 2.24) is 9.55 Å². The van der Waals surface area contributed by atoms with Crippen molar-refractivity contribution in [2.45, 2.75) is 33.6 Å². The molecule has 0 unspecified atom stereocenters. The van der Waals surface area contributed by atoms with Gasteiger partial charge in [-0.1, -0.05) is 13.8 Å². The summed E-state index contributed by atoms with van der Waals surface area (Å²) in [6.45, 7) is 7.01. The van der Waals surface area contributed by atoms with Gasteiger partial charge >= 0.3 is 0 Å². The molecule has 0 amide bonds. The molecule has 3 aromatic rings. The van der Waals surface area contributed by atoms with Crippen LogP contribution in [0, 0.1) is 12.8 Å². The van der Waals surface area contributed by atoms with Crippen LogP contribution in [0.25, 0.3) is 21.7 Å². The van der Waals surface area contributed by atoms with Crippen LogP contribution in [0.15, 0.2) is 35.3 Å². The molecule has 3 rings (SSSR count). The molecule has 5 nitrogen and oxygen atoms in total. The van der Waals surface area contributed by atoms with Gasteiger partial charge in [-0.2, -0.15) is 0 Å². The van der Waals surface area contributed by atoms with Crippen molar-refractivity contribution in [1.29, 1.82) is 0 Å². The molecule has 0 aliphatic heterocycles. The van der Waals surface area contributed by atoms with E-state index in [0.717, 1.165) is 40.6 Å². The van der Waals surface area contributed by atoms with E-state index in [1.165, 1.54) is 7.05 Å². The van der Waals surface area contributed by atoms with Crippen molar-refractivity contribution in [3.8, 4) is 5.75 Å². The Labute approximate surface area is 154 Å². The van der Waals surface area contributed by atoms with Gasteiger partial charge in [0.1, 0.15) is 5.75 Å². The summed E-state index contributed by atoms with van der Waals surface area (Å²) in [5.41, 5.74) is 6.14. The summed E-state index contributed by atoms with van der Waals surface area (Å²) in [6.07, 6.45) is 3.95. The Bertz CT molecular complexity index is 945. The van der Waals surface area contributed by atoms with Gasteiger partial charge in [0.2, 0.25) is 0 Å². The van der Waals surface area contributed by atoms with Gasteiger partial charge < -0.3 is 15.0 Å². The van der Waals surface area contributed by atoms with Crippen molar-refractivity contribution in [3.05, 3.63) is 46.5 Å². The molecule has 0 radical (unpaired) electrons. The Morgan fingerprint density at radius 3 is 2.62 bits per heavy atom. The third-order valence-corrected chi connectivity index (χ3v) is 4.47. The SMILES string of the molecule is CN.Cc1nccc2c1c(=O)n(C)c1cc(OCCCC(C)C)ccc21. The van der Waals surface area contributed by atoms with Crippen LogP contribution in [0.5, 0.6) is 5.75 Å². The van der Waals surface area contributed by atoms with Gasteiger partial charge in [0.05, 0.1) is 23.2 Å². The van der Waals surface area contributed by atoms with E-state index >= 15 is 0 Å². The quantitative estimate of drug-likeness (QED) is 0.558. The molecule has 0 fully saturated rings. The first-order valence-electron chi connectivity index (χ1n) is 9.07. The second kappa shape index (κ2) is 8.81. The first-order valence-corrected chi connectivity index (χ1v) is 9.07. The highest BCUT2D eigenvalue weighted by atomic mass is 16.5. The number of nitrogens with zero attached hydrogens (tertiary/aromatic N) is 2. The van der Waals surface area contributed by atoms with Gasteiger partial charge in [-0.25, -0.2) is 0 Å². The van der Waals surface area contributed by atoms with Crippen molar-refractivity contribution in [2.24, 2.45) is 18.7 Å². The van der Waals surface area contributed by atoms with Crippen LogP contribution in [0.2, 0.25) is 0 Å². The van der Waals surface area contributed by atoms with Gasteiger partial charge in [0.15, 0.2) is 0 Å². The van der Waals surface area contributed by atoms with E-state index in [1.54, 1.807) is 17.8 Å². The smallest absolute Gasteiger partial charge is 0.260 e. The van der Waals surface area contributed by atoms with Crippen molar-refractivity contribution >= 4 is 21.7 Å². The fraction of sp³-hybridized carbons (Fsp3) is 0.429. The van der Waals surface area contributed by atoms with Crippen molar-refractivity contribution in [2.75, 3.05) is 13.7 Å². The maximum Gasteiger partial charge on any atom is 0.260 e. The summed E-state index contributed by atoms with van der Waals surface area (Å²) in [5.74, 6) is 1.50. The molecule has 0 aliphatic rings. The van der Waals surface area contributed by atoms with E-state index in [-0.39, 0.29) is 5.56 Å². The molecule has 0 aliphatic carbocycles. The predicted molar refractivity (Wildman–Crippen MR) is 109 cm³/mol. The lowest BCUT2D eigenvalue weighted by atomic mass is 10.1. The molecule has 2 aromatic heterocycles. The van der Waals surface area contributed by atoms with Crippen LogP contribution in [0.1, 0.15) is 32.4 Å². The molecule has 1 aromatic carbocycles. The van der Waals surface area contributed by atoms with E-state index < -0.39 is 0 Å². The molecule has 2 N–H and O–H groups in total. The van der Waals surface area contributed by atoms with Crippen LogP contribution >= 0.6 is 0 Å². The summed E-state index contributed by atoms with van der Waals surface area (Å²) in [7, 11) is 3.30. The predicted octanol–water partition coefficient (Wildman–Crippen LogP) is 3.79. The zero-order valence-corrected chi connectivity index (χ0v) is 16.4. The Morgan fingerprint density at radius 1 is 1.19 bits per heavy atom. The van der Waals surface area contributed by atoms with Crippen LogP contribution in [-0.4, -0.2) is 23.2 Å². The second-order valence-corrected chi connectivity index (χ2v) is 6.75. The number of rotatable bonds is 5. The molecule has 0 bridgehead atoms. The average molecular weight is 355 g/mol. The minimum Gasteiger partial charge on any atom is -0.494 e. The van der Waals surface area contributed by atoms with Gasteiger partial charge in [-0.15, -0.1) is 0 Å². The van der Waals surface area contributed by atoms with Crippen LogP contribution < -0.4 is 16.0 Å². The Kier molecular flexibility index (Phi) is 6.75. The van der Waals surface area contributed by atoms with Crippen LogP contribution in [-0.2, 0) is 7.05 Å². The normalized spacial score (nSPS) is 10.9. The third kappa shape index (κ3) is 4.05. The van der Waals surface area contributed by atoms with Crippen LogP contribution in [0.3, 0.4) is 0 Å². The van der Waals surface area contributed by atoms with Crippen molar-refractivity contribution < 1.29 is 4.74 Å². The molecule has 0 saturated carbocycles. The number of fused-ring (bicyclic) bond motifs is 3. The topological polar surface area (TPSA) is 70.1 Å². The Morgan fingerprint density at radius 2 is 1.92 bits per heavy atom. The molecule has 5 heteroatoms. The standard InChI is InChI=1S/C20H24N2O2.CH5N/c1-13(2)6-5-11-24-15-7-8-16-17-9-10-21-14(3)19(17)20(23)22(4)18(16)12-15;1-2/h7-10,12-13H,5-6,11H2,1-4H3;2H2,1H3. The number of hydrogen-bond acceptors (Lipinski definition) is 4. The molecule has 0 spiro atoms. The number of aryl methyl sites for hydroxylation is 2. The number of benzene rings is 1. The maximum atomic E-state index is 12.7. The fourth-order valence-corrected chi connectivity index (χ4v) is 3.13. The highest BCUT2D eigenvalue weighted by Crippen LogP contribution is 2.27. The summed E-state index contributed by atoms with van der Waals surface area (Å²) in [6, 6.07) is 7.89. The summed E-state index contributed by atoms with van der Waals surface area (Å²) in [5, 5.41) is 2.69. The lowest BCUT2D eigenvalue weighted by molar-refractivity contribution is 0.298. The minimum absolute atomic E-state index is 0.0138. The Hall–Kier alpha value is -2.40. The zero-order chi connectivity index (χ0) is 19.3. The molecular weight excluding hydrogens is 326 g/mol. The molecule has 0 saturated heterocycles. The van der Waals surface area contributed by atoms with Crippen molar-refractivity contribution in [3.63, 3.8) is 0 Å². The number of hydrogen-bond donors (Lipinski definition) is 1. The number of aromatic nitrogens is 2.